The van der Waals surface area contributed by atoms with E-state index in [9.17, 15) is 19.2 Å². The first-order chi connectivity index (χ1) is 47.5. The largest absolute Gasteiger partial charge is 2.00 e. The Hall–Kier alpha value is -2.68. The van der Waals surface area contributed by atoms with E-state index in [0.29, 0.717) is 28.5 Å². The minimum absolute atomic E-state index is 0. The topological polar surface area (TPSA) is 141 Å². The van der Waals surface area contributed by atoms with Gasteiger partial charge >= 0.3 is 35.3 Å². The minimum Gasteiger partial charge on any atom is -1.00 e. The second-order valence-electron chi connectivity index (χ2n) is 31.4. The quantitative estimate of drug-likeness (QED) is 0.0170. The molecule has 2 aliphatic heterocycles. The van der Waals surface area contributed by atoms with Gasteiger partial charge in [-0.15, -0.1) is 58.5 Å². The van der Waals surface area contributed by atoms with E-state index in [4.69, 9.17) is 87.9 Å². The zero-order valence-corrected chi connectivity index (χ0v) is 80.2. The number of nitrogens with one attached hydrogen (secondary N) is 1. The van der Waals surface area contributed by atoms with Crippen molar-refractivity contribution in [2.24, 2.45) is 0 Å². The average Bonchev–Trinajstić information content (AvgIpc) is 1.57. The summed E-state index contributed by atoms with van der Waals surface area (Å²) in [7, 11) is -9.30. The summed E-state index contributed by atoms with van der Waals surface area (Å²) in [6.07, 6.45) is 2.55. The number of alkyl carbamates (subject to hydrolysis) is 1. The molecule has 2 saturated heterocycles. The van der Waals surface area contributed by atoms with Crippen molar-refractivity contribution >= 4 is 179 Å². The number of imide groups is 1. The van der Waals surface area contributed by atoms with Gasteiger partial charge in [-0.2, -0.15) is 46.8 Å². The van der Waals surface area contributed by atoms with E-state index in [0.717, 1.165) is 47.9 Å². The Kier molecular flexibility index (Phi) is 60.3. The first-order valence-electron chi connectivity index (χ1n) is 35.0. The first-order valence-corrected chi connectivity index (χ1v) is 66.0. The third-order valence-corrected chi connectivity index (χ3v) is 44.5. The van der Waals surface area contributed by atoms with Crippen LogP contribution in [0.25, 0.3) is 0 Å². The van der Waals surface area contributed by atoms with Crippen molar-refractivity contribution in [2.75, 3.05) is 61.0 Å². The number of amides is 3. The summed E-state index contributed by atoms with van der Waals surface area (Å²) in [4.78, 5) is 50.0. The van der Waals surface area contributed by atoms with Crippen molar-refractivity contribution in [1.29, 1.82) is 0 Å². The van der Waals surface area contributed by atoms with Gasteiger partial charge in [-0.1, -0.05) is 308 Å². The fourth-order valence-electron chi connectivity index (χ4n) is 9.69. The molecule has 2 fully saturated rings. The average molecular weight is 1730 g/mol. The van der Waals surface area contributed by atoms with Crippen LogP contribution in [0.2, 0.25) is 110 Å². The van der Waals surface area contributed by atoms with Gasteiger partial charge in [0, 0.05) is 69.4 Å². The smallest absolute Gasteiger partial charge is 1.00 e. The van der Waals surface area contributed by atoms with Crippen LogP contribution in [0.5, 0.6) is 0 Å². The molecule has 6 aromatic rings. The number of carbonyl (C=O) groups excluding carboxylic acids is 4. The van der Waals surface area contributed by atoms with E-state index in [-0.39, 0.29) is 68.1 Å². The van der Waals surface area contributed by atoms with E-state index >= 15 is 0 Å². The zero-order valence-electron chi connectivity index (χ0n) is 65.5. The number of aliphatic hydroxyl groups is 1. The Balaban J connectivity index is -0.000000564. The molecular weight excluding hydrogens is 1610 g/mol. The van der Waals surface area contributed by atoms with Crippen LogP contribution in [0, 0.1) is 6.92 Å². The van der Waals surface area contributed by atoms with Gasteiger partial charge in [0.1, 0.15) is 0 Å². The Morgan fingerprint density at radius 3 is 0.981 bits per heavy atom. The maximum Gasteiger partial charge on any atom is 2.00 e. The number of hydroxylamine groups is 2. The molecule has 0 aliphatic carbocycles. The normalized spacial score (nSPS) is 12.5. The second kappa shape index (κ2) is 58.2. The summed E-state index contributed by atoms with van der Waals surface area (Å²) in [5.41, 5.74) is 12.3. The van der Waals surface area contributed by atoms with Gasteiger partial charge in [-0.25, -0.2) is 9.59 Å². The van der Waals surface area contributed by atoms with Crippen LogP contribution in [0.3, 0.4) is 0 Å². The van der Waals surface area contributed by atoms with Crippen molar-refractivity contribution in [1.82, 2.24) is 10.4 Å². The molecule has 2 heterocycles. The SMILES string of the molecule is C.C1CCOC1.CNC(=O)OC[Si](C)(C)Cc1ccccc1.C[Si](C)(CCl)C[Si](C)(C)Cc1ccccc1.C[Si](C)(CCl)Cc1ccccc1.C[Si](C)(CO)Cc1ccccc1.C[Si](C)(COC(=O)ON1C(=O)CCC1=O)Cc1ccccc1.C[Si](C)(Cl)CCl.C[Si](C)(Cl)CCl.[CH2-]c1ccccc1.[Cl-].[Mg+2]. The van der Waals surface area contributed by atoms with E-state index < -0.39 is 81.2 Å². The molecule has 0 atom stereocenters. The molecule has 0 aromatic heterocycles. The Morgan fingerprint density at radius 2 is 0.733 bits per heavy atom. The van der Waals surface area contributed by atoms with Crippen molar-refractivity contribution in [2.45, 2.75) is 174 Å². The van der Waals surface area contributed by atoms with E-state index in [1.165, 1.54) is 58.4 Å². The molecule has 586 valence electrons. The molecule has 0 unspecified atom stereocenters. The van der Waals surface area contributed by atoms with Crippen molar-refractivity contribution < 1.29 is 55.7 Å². The number of halogens is 7. The molecular formula is C78H127Cl7MgN2O9Si8. The fraction of sp³-hybridized carbons (Fsp3) is 0.474. The number of rotatable bonds is 22. The predicted molar refractivity (Wildman–Crippen MR) is 474 cm³/mol. The molecule has 6 aromatic carbocycles. The fourth-order valence-corrected chi connectivity index (χ4v) is 30.2. The van der Waals surface area contributed by atoms with Gasteiger partial charge in [0.15, 0.2) is 14.8 Å². The molecule has 0 radical (unpaired) electrons. The van der Waals surface area contributed by atoms with Crippen LogP contribution in [0.4, 0.5) is 9.59 Å². The number of carbonyl (C=O) groups is 4. The number of hydrogen-bond donors (Lipinski definition) is 2. The number of ether oxygens (including phenoxy) is 3. The third kappa shape index (κ3) is 61.7. The third-order valence-electron chi connectivity index (χ3n) is 14.6. The summed E-state index contributed by atoms with van der Waals surface area (Å²) in [5.74, 6) is -1.02. The molecule has 0 saturated carbocycles. The molecule has 2 N–H and O–H groups in total. The maximum absolute atomic E-state index is 11.6. The first kappa shape index (κ1) is 109. The molecule has 11 nitrogen and oxygen atoms in total. The van der Waals surface area contributed by atoms with Crippen LogP contribution < -0.4 is 17.7 Å². The summed E-state index contributed by atoms with van der Waals surface area (Å²) in [5, 5.41) is 12.1. The minimum atomic E-state index is -1.81. The van der Waals surface area contributed by atoms with Gasteiger partial charge in [0.05, 0.1) is 52.8 Å². The predicted octanol–water partition coefficient (Wildman–Crippen LogP) is 18.7. The van der Waals surface area contributed by atoms with E-state index in [1.54, 1.807) is 7.05 Å². The van der Waals surface area contributed by atoms with Gasteiger partial charge in [0.25, 0.3) is 11.8 Å². The Bertz CT molecular complexity index is 3080. The molecule has 3 amide bonds. The summed E-state index contributed by atoms with van der Waals surface area (Å²) >= 11 is 34.3. The van der Waals surface area contributed by atoms with E-state index in [2.05, 4.69) is 193 Å². The van der Waals surface area contributed by atoms with Gasteiger partial charge < -0.3 is 37.0 Å². The van der Waals surface area contributed by atoms with Crippen LogP contribution in [-0.2, 0) is 58.9 Å². The number of alkyl halides is 4. The van der Waals surface area contributed by atoms with Gasteiger partial charge in [-0.05, 0) is 43.1 Å². The number of aliphatic hydroxyl groups excluding tert-OH is 1. The zero-order chi connectivity index (χ0) is 77.5. The molecule has 27 heteroatoms. The van der Waals surface area contributed by atoms with Crippen LogP contribution in [0.1, 0.15) is 66.5 Å². The van der Waals surface area contributed by atoms with E-state index in [1.807, 2.05) is 111 Å². The Morgan fingerprint density at radius 1 is 0.457 bits per heavy atom. The Labute approximate surface area is 695 Å². The molecule has 8 rings (SSSR count). The molecule has 0 bridgehead atoms. The van der Waals surface area contributed by atoms with Crippen molar-refractivity contribution in [3.8, 4) is 0 Å². The molecule has 105 heavy (non-hydrogen) atoms. The standard InChI is InChI=1S/C15H19NO5Si.C13H23ClSi2.C12H19NO2Si.C10H15ClSi.C10H16OSi.C7H7.C4H8O.2C3H8Cl2Si.CH4.ClH.Mg/c1-22(2,10-12-6-4-3-5-7-12)11-20-15(19)21-16-13(17)8-9-14(16)18;1-15(2,12-16(3,4)11-14)10-13-8-6-5-7-9-13;1-13-12(14)15-10-16(2,3)9-11-7-5-4-6-8-11;2*1-12(2,9-11)8-10-6-4-3-5-7-10;1-7-5-3-2-4-6-7;1-2-4-5-3-1;2*1-6(2,5)3-4;;;/h3-7H,8-11H2,1-2H3;5-9H,10-12H2,1-4H3;4-8H,9-10H2,1-3H3,(H,13,14);3-7H,8-9H2,1-2H3;3-7,11H,8-9H2,1-2H3;2-6H,1H2;1-4H2;2*3H2,1-2H3;1H4;1H;/q;;;;;-1;;;;;;+2/p-1. The number of benzene rings is 6. The summed E-state index contributed by atoms with van der Waals surface area (Å²) < 4.78 is 15.2. The molecule has 0 spiro atoms. The van der Waals surface area contributed by atoms with Gasteiger partial charge in [-0.3, -0.25) is 14.4 Å². The summed E-state index contributed by atoms with van der Waals surface area (Å²) in [6.45, 7) is 41.3. The van der Waals surface area contributed by atoms with Crippen LogP contribution in [-0.4, -0.2) is 181 Å². The number of nitrogens with zero attached hydrogens (tertiary/aromatic N) is 1. The van der Waals surface area contributed by atoms with Crippen LogP contribution in [0.15, 0.2) is 182 Å². The van der Waals surface area contributed by atoms with Crippen LogP contribution >= 0.6 is 68.6 Å². The van der Waals surface area contributed by atoms with Crippen molar-refractivity contribution in [3.63, 3.8) is 0 Å². The van der Waals surface area contributed by atoms with Gasteiger partial charge in [0.2, 0.25) is 0 Å². The monoisotopic (exact) mass is 1730 g/mol. The molecule has 2 aliphatic rings. The number of hydrogen-bond acceptors (Lipinski definition) is 9. The second-order valence-corrected chi connectivity index (χ2v) is 78.8. The maximum atomic E-state index is 11.6. The summed E-state index contributed by atoms with van der Waals surface area (Å²) in [6, 6.07) is 67.5. The van der Waals surface area contributed by atoms with Crippen molar-refractivity contribution in [3.05, 3.63) is 222 Å².